The molecule has 2 rings (SSSR count). The molecule has 5 heteroatoms. The van der Waals surface area contributed by atoms with Crippen molar-refractivity contribution in [3.05, 3.63) is 21.6 Å². The number of hydrogen-bond acceptors (Lipinski definition) is 3. The first-order chi connectivity index (χ1) is 7.11. The van der Waals surface area contributed by atoms with Gasteiger partial charge in [0.1, 0.15) is 5.02 Å². The number of nitrogens with zero attached hydrogens (tertiary/aromatic N) is 2. The van der Waals surface area contributed by atoms with Crippen LogP contribution in [0.3, 0.4) is 0 Å². The van der Waals surface area contributed by atoms with E-state index in [4.69, 9.17) is 11.6 Å². The SMILES string of the molecule is CC1CCN(c2cn[nH]c(=O)c2Cl)C1C. The second-order valence-corrected chi connectivity index (χ2v) is 4.48. The quantitative estimate of drug-likeness (QED) is 0.794. The van der Waals surface area contributed by atoms with E-state index in [1.807, 2.05) is 0 Å². The van der Waals surface area contributed by atoms with E-state index in [2.05, 4.69) is 28.9 Å². The van der Waals surface area contributed by atoms with Crippen LogP contribution in [0.1, 0.15) is 20.3 Å². The average molecular weight is 228 g/mol. The molecule has 1 fully saturated rings. The van der Waals surface area contributed by atoms with Gasteiger partial charge >= 0.3 is 0 Å². The second kappa shape index (κ2) is 3.85. The first kappa shape index (κ1) is 10.5. The molecule has 1 N–H and O–H groups in total. The highest BCUT2D eigenvalue weighted by Gasteiger charge is 2.29. The fourth-order valence-corrected chi connectivity index (χ4v) is 2.21. The third kappa shape index (κ3) is 1.74. The summed E-state index contributed by atoms with van der Waals surface area (Å²) < 4.78 is 0. The summed E-state index contributed by atoms with van der Waals surface area (Å²) in [5.41, 5.74) is 0.429. The predicted octanol–water partition coefficient (Wildman–Crippen LogP) is 1.66. The normalized spacial score (nSPS) is 25.9. The molecule has 0 aliphatic carbocycles. The van der Waals surface area contributed by atoms with Gasteiger partial charge in [-0.1, -0.05) is 18.5 Å². The van der Waals surface area contributed by atoms with Gasteiger partial charge in [-0.25, -0.2) is 5.10 Å². The molecule has 0 radical (unpaired) electrons. The molecule has 82 valence electrons. The Morgan fingerprint density at radius 3 is 2.93 bits per heavy atom. The van der Waals surface area contributed by atoms with E-state index in [-0.39, 0.29) is 10.6 Å². The fraction of sp³-hybridized carbons (Fsp3) is 0.600. The van der Waals surface area contributed by atoms with Gasteiger partial charge in [0, 0.05) is 12.6 Å². The summed E-state index contributed by atoms with van der Waals surface area (Å²) in [6, 6.07) is 0.408. The van der Waals surface area contributed by atoms with E-state index in [9.17, 15) is 4.79 Å². The van der Waals surface area contributed by atoms with Crippen molar-refractivity contribution in [1.29, 1.82) is 0 Å². The lowest BCUT2D eigenvalue weighted by Gasteiger charge is -2.25. The Morgan fingerprint density at radius 1 is 1.60 bits per heavy atom. The van der Waals surface area contributed by atoms with Crippen LogP contribution in [-0.2, 0) is 0 Å². The van der Waals surface area contributed by atoms with Crippen molar-refractivity contribution in [3.63, 3.8) is 0 Å². The molecule has 2 heterocycles. The summed E-state index contributed by atoms with van der Waals surface area (Å²) in [5.74, 6) is 0.625. The monoisotopic (exact) mass is 227 g/mol. The molecule has 2 unspecified atom stereocenters. The molecule has 1 aromatic rings. The number of aromatic nitrogens is 2. The molecule has 1 aromatic heterocycles. The maximum atomic E-state index is 11.3. The largest absolute Gasteiger partial charge is 0.366 e. The molecule has 2 atom stereocenters. The van der Waals surface area contributed by atoms with Gasteiger partial charge in [-0.3, -0.25) is 4.79 Å². The number of hydrogen-bond donors (Lipinski definition) is 1. The molecule has 15 heavy (non-hydrogen) atoms. The van der Waals surface area contributed by atoms with Gasteiger partial charge in [0.25, 0.3) is 5.56 Å². The molecule has 4 nitrogen and oxygen atoms in total. The van der Waals surface area contributed by atoms with Crippen LogP contribution in [0.4, 0.5) is 5.69 Å². The standard InChI is InChI=1S/C10H14ClN3O/c1-6-3-4-14(7(6)2)8-5-12-13-10(15)9(8)11/h5-7H,3-4H2,1-2H3,(H,13,15). The Labute approximate surface area is 93.2 Å². The number of rotatable bonds is 1. The van der Waals surface area contributed by atoms with Crippen molar-refractivity contribution in [2.24, 2.45) is 5.92 Å². The van der Waals surface area contributed by atoms with Gasteiger partial charge in [-0.05, 0) is 19.3 Å². The molecule has 0 saturated carbocycles. The minimum absolute atomic E-state index is 0.242. The van der Waals surface area contributed by atoms with Crippen molar-refractivity contribution < 1.29 is 0 Å². The summed E-state index contributed by atoms with van der Waals surface area (Å²) in [5, 5.41) is 6.35. The van der Waals surface area contributed by atoms with Crippen molar-refractivity contribution in [2.45, 2.75) is 26.3 Å². The molecular formula is C10H14ClN3O. The first-order valence-electron chi connectivity index (χ1n) is 5.11. The number of H-pyrrole nitrogens is 1. The third-order valence-electron chi connectivity index (χ3n) is 3.23. The van der Waals surface area contributed by atoms with Crippen LogP contribution >= 0.6 is 11.6 Å². The zero-order valence-corrected chi connectivity index (χ0v) is 9.58. The zero-order chi connectivity index (χ0) is 11.0. The van der Waals surface area contributed by atoms with E-state index in [1.165, 1.54) is 0 Å². The summed E-state index contributed by atoms with van der Waals surface area (Å²) in [6.45, 7) is 5.29. The van der Waals surface area contributed by atoms with E-state index in [1.54, 1.807) is 6.20 Å². The third-order valence-corrected chi connectivity index (χ3v) is 3.59. The highest BCUT2D eigenvalue weighted by atomic mass is 35.5. The Morgan fingerprint density at radius 2 is 2.33 bits per heavy atom. The minimum atomic E-state index is -0.319. The van der Waals surface area contributed by atoms with E-state index in [0.29, 0.717) is 12.0 Å². The first-order valence-corrected chi connectivity index (χ1v) is 5.49. The molecule has 1 aliphatic heterocycles. The van der Waals surface area contributed by atoms with Gasteiger partial charge < -0.3 is 4.90 Å². The van der Waals surface area contributed by atoms with E-state index < -0.39 is 0 Å². The van der Waals surface area contributed by atoms with Crippen molar-refractivity contribution in [1.82, 2.24) is 10.2 Å². The van der Waals surface area contributed by atoms with Gasteiger partial charge in [-0.2, -0.15) is 5.10 Å². The van der Waals surface area contributed by atoms with Crippen molar-refractivity contribution in [2.75, 3.05) is 11.4 Å². The van der Waals surface area contributed by atoms with Gasteiger partial charge in [0.05, 0.1) is 11.9 Å². The Balaban J connectivity index is 2.38. The number of halogens is 1. The van der Waals surface area contributed by atoms with Gasteiger partial charge in [0.2, 0.25) is 0 Å². The minimum Gasteiger partial charge on any atom is -0.366 e. The lowest BCUT2D eigenvalue weighted by Crippen LogP contribution is -2.30. The van der Waals surface area contributed by atoms with Crippen LogP contribution in [0.5, 0.6) is 0 Å². The van der Waals surface area contributed by atoms with Crippen molar-refractivity contribution in [3.8, 4) is 0 Å². The average Bonchev–Trinajstić information content (AvgIpc) is 2.53. The maximum absolute atomic E-state index is 11.3. The molecule has 0 aromatic carbocycles. The van der Waals surface area contributed by atoms with Crippen LogP contribution in [0.25, 0.3) is 0 Å². The predicted molar refractivity (Wildman–Crippen MR) is 60.5 cm³/mol. The summed E-state index contributed by atoms with van der Waals surface area (Å²) >= 11 is 5.96. The lowest BCUT2D eigenvalue weighted by atomic mass is 10.1. The number of anilines is 1. The zero-order valence-electron chi connectivity index (χ0n) is 8.83. The van der Waals surface area contributed by atoms with E-state index in [0.717, 1.165) is 18.7 Å². The molecule has 0 spiro atoms. The topological polar surface area (TPSA) is 49.0 Å². The van der Waals surface area contributed by atoms with Crippen LogP contribution in [0, 0.1) is 5.92 Å². The second-order valence-electron chi connectivity index (χ2n) is 4.10. The Hall–Kier alpha value is -1.03. The van der Waals surface area contributed by atoms with Crippen LogP contribution < -0.4 is 10.5 Å². The van der Waals surface area contributed by atoms with Gasteiger partial charge in [0.15, 0.2) is 0 Å². The van der Waals surface area contributed by atoms with Crippen molar-refractivity contribution >= 4 is 17.3 Å². The number of nitrogens with one attached hydrogen (secondary N) is 1. The van der Waals surface area contributed by atoms with Gasteiger partial charge in [-0.15, -0.1) is 0 Å². The molecule has 1 saturated heterocycles. The highest BCUT2D eigenvalue weighted by Crippen LogP contribution is 2.31. The molecule has 1 aliphatic rings. The maximum Gasteiger partial charge on any atom is 0.285 e. The van der Waals surface area contributed by atoms with Crippen LogP contribution in [0.2, 0.25) is 5.02 Å². The summed E-state index contributed by atoms with van der Waals surface area (Å²) in [4.78, 5) is 13.5. The molecule has 0 bridgehead atoms. The Kier molecular flexibility index (Phi) is 2.69. The molecular weight excluding hydrogens is 214 g/mol. The summed E-state index contributed by atoms with van der Waals surface area (Å²) in [6.07, 6.45) is 2.75. The van der Waals surface area contributed by atoms with E-state index >= 15 is 0 Å². The summed E-state index contributed by atoms with van der Waals surface area (Å²) in [7, 11) is 0. The fourth-order valence-electron chi connectivity index (χ4n) is 2.01. The van der Waals surface area contributed by atoms with Crippen LogP contribution in [-0.4, -0.2) is 22.8 Å². The highest BCUT2D eigenvalue weighted by molar-refractivity contribution is 6.33. The molecule has 0 amide bonds. The lowest BCUT2D eigenvalue weighted by molar-refractivity contribution is 0.545. The number of aromatic amines is 1. The van der Waals surface area contributed by atoms with Crippen LogP contribution in [0.15, 0.2) is 11.0 Å². The Bertz CT molecular complexity index is 417. The smallest absolute Gasteiger partial charge is 0.285 e.